The third kappa shape index (κ3) is 4.70. The fourth-order valence-electron chi connectivity index (χ4n) is 3.87. The van der Waals surface area contributed by atoms with Gasteiger partial charge in [-0.2, -0.15) is 0 Å². The summed E-state index contributed by atoms with van der Waals surface area (Å²) in [6.07, 6.45) is 4.72. The van der Waals surface area contributed by atoms with E-state index in [0.29, 0.717) is 17.2 Å². The van der Waals surface area contributed by atoms with Crippen LogP contribution in [0, 0.1) is 15.1 Å². The Labute approximate surface area is 194 Å². The van der Waals surface area contributed by atoms with Gasteiger partial charge in [-0.3, -0.25) is 4.79 Å². The topological polar surface area (TPSA) is 54.6 Å². The molecule has 156 valence electrons. The van der Waals surface area contributed by atoms with Crippen molar-refractivity contribution in [2.45, 2.75) is 40.0 Å². The Morgan fingerprint density at radius 2 is 2.00 bits per heavy atom. The number of nitrogens with zero attached hydrogens (tertiary/aromatic N) is 1. The molecule has 30 heavy (non-hydrogen) atoms. The zero-order valence-electron chi connectivity index (χ0n) is 17.4. The van der Waals surface area contributed by atoms with Gasteiger partial charge in [0.05, 0.1) is 11.8 Å². The molecule has 2 aromatic heterocycles. The molecular formula is C24H25IN2O2S. The van der Waals surface area contributed by atoms with Crippen molar-refractivity contribution in [1.82, 2.24) is 0 Å². The first-order chi connectivity index (χ1) is 14.3. The summed E-state index contributed by atoms with van der Waals surface area (Å²) in [5.74, 6) is 1.21. The van der Waals surface area contributed by atoms with E-state index in [2.05, 4.69) is 53.7 Å². The molecule has 1 aromatic carbocycles. The van der Waals surface area contributed by atoms with E-state index in [1.54, 1.807) is 17.6 Å². The highest BCUT2D eigenvalue weighted by atomic mass is 127. The summed E-state index contributed by atoms with van der Waals surface area (Å²) in [7, 11) is 0. The summed E-state index contributed by atoms with van der Waals surface area (Å²) in [4.78, 5) is 19.2. The van der Waals surface area contributed by atoms with Gasteiger partial charge in [-0.25, -0.2) is 4.99 Å². The minimum atomic E-state index is -0.0888. The number of halogens is 1. The second kappa shape index (κ2) is 8.67. The largest absolute Gasteiger partial charge is 0.449 e. The molecule has 6 heteroatoms. The smallest absolute Gasteiger partial charge is 0.259 e. The number of fused-ring (bicyclic) bond motifs is 1. The zero-order valence-corrected chi connectivity index (χ0v) is 20.3. The van der Waals surface area contributed by atoms with E-state index in [0.717, 1.165) is 39.3 Å². The molecule has 0 saturated heterocycles. The average molecular weight is 532 g/mol. The van der Waals surface area contributed by atoms with Crippen LogP contribution >= 0.6 is 33.9 Å². The molecule has 3 aromatic rings. The lowest BCUT2D eigenvalue weighted by Gasteiger charge is -2.33. The highest BCUT2D eigenvalue weighted by Gasteiger charge is 2.33. The molecular weight excluding hydrogens is 507 g/mol. The van der Waals surface area contributed by atoms with Gasteiger partial charge in [0.2, 0.25) is 0 Å². The summed E-state index contributed by atoms with van der Waals surface area (Å²) in [6.45, 7) is 6.91. The Hall–Kier alpha value is -1.93. The standard InChI is InChI=1S/C24H25IN2O2S/c1-24(2,3)15-9-11-18-19(13-15)30-23(26-14-17-10-12-20(25)29-17)21(18)22(28)27-16-7-5-4-6-8-16/h4-8,10,12,14-15H,9,11,13H2,1-3H3,(H,27,28)/t15-/m0/s1. The number of anilines is 1. The van der Waals surface area contributed by atoms with Gasteiger partial charge < -0.3 is 9.73 Å². The lowest BCUT2D eigenvalue weighted by Crippen LogP contribution is -2.27. The monoisotopic (exact) mass is 532 g/mol. The SMILES string of the molecule is CC(C)(C)[C@H]1CCc2c(sc(N=Cc3ccc(I)o3)c2C(=O)Nc2ccccc2)C1. The van der Waals surface area contributed by atoms with Gasteiger partial charge in [-0.05, 0) is 83.0 Å². The number of amides is 1. The molecule has 0 radical (unpaired) electrons. The van der Waals surface area contributed by atoms with Crippen molar-refractivity contribution >= 4 is 56.7 Å². The van der Waals surface area contributed by atoms with Gasteiger partial charge in [0.1, 0.15) is 10.8 Å². The number of carbonyl (C=O) groups excluding carboxylic acids is 1. The first-order valence-electron chi connectivity index (χ1n) is 10.1. The fraction of sp³-hybridized carbons (Fsp3) is 0.333. The Morgan fingerprint density at radius 1 is 1.23 bits per heavy atom. The number of hydrogen-bond donors (Lipinski definition) is 1. The highest BCUT2D eigenvalue weighted by Crippen LogP contribution is 2.45. The maximum atomic E-state index is 13.3. The van der Waals surface area contributed by atoms with Crippen molar-refractivity contribution in [2.75, 3.05) is 5.32 Å². The van der Waals surface area contributed by atoms with Crippen LogP contribution in [0.4, 0.5) is 10.7 Å². The van der Waals surface area contributed by atoms with Gasteiger partial charge in [-0.1, -0.05) is 39.0 Å². The molecule has 0 aliphatic heterocycles. The van der Waals surface area contributed by atoms with Gasteiger partial charge in [0.25, 0.3) is 5.91 Å². The molecule has 0 spiro atoms. The second-order valence-electron chi connectivity index (χ2n) is 8.71. The lowest BCUT2D eigenvalue weighted by molar-refractivity contribution is 0.102. The Kier molecular flexibility index (Phi) is 6.16. The molecule has 0 bridgehead atoms. The number of hydrogen-bond acceptors (Lipinski definition) is 4. The maximum Gasteiger partial charge on any atom is 0.259 e. The van der Waals surface area contributed by atoms with Gasteiger partial charge in [0.15, 0.2) is 3.77 Å². The Morgan fingerprint density at radius 3 is 2.67 bits per heavy atom. The number of benzene rings is 1. The van der Waals surface area contributed by atoms with Crippen LogP contribution in [0.1, 0.15) is 53.8 Å². The third-order valence-electron chi connectivity index (χ3n) is 5.63. The minimum absolute atomic E-state index is 0.0888. The summed E-state index contributed by atoms with van der Waals surface area (Å²) in [5, 5.41) is 3.81. The van der Waals surface area contributed by atoms with Crippen molar-refractivity contribution in [2.24, 2.45) is 16.3 Å². The zero-order chi connectivity index (χ0) is 21.3. The van der Waals surface area contributed by atoms with Crippen LogP contribution < -0.4 is 5.32 Å². The predicted molar refractivity (Wildman–Crippen MR) is 132 cm³/mol. The van der Waals surface area contributed by atoms with Crippen molar-refractivity contribution in [3.63, 3.8) is 0 Å². The first kappa shape index (κ1) is 21.3. The number of aliphatic imine (C=N–C) groups is 1. The minimum Gasteiger partial charge on any atom is -0.449 e. The third-order valence-corrected chi connectivity index (χ3v) is 7.38. The lowest BCUT2D eigenvalue weighted by atomic mass is 9.72. The van der Waals surface area contributed by atoms with Crippen molar-refractivity contribution in [3.05, 3.63) is 68.0 Å². The van der Waals surface area contributed by atoms with Crippen molar-refractivity contribution in [1.29, 1.82) is 0 Å². The molecule has 4 rings (SSSR count). The van der Waals surface area contributed by atoms with E-state index in [1.165, 1.54) is 4.88 Å². The van der Waals surface area contributed by atoms with Crippen LogP contribution in [0.2, 0.25) is 0 Å². The highest BCUT2D eigenvalue weighted by molar-refractivity contribution is 14.1. The van der Waals surface area contributed by atoms with Gasteiger partial charge in [0, 0.05) is 10.6 Å². The molecule has 1 aliphatic carbocycles. The van der Waals surface area contributed by atoms with Crippen LogP contribution in [0.15, 0.2) is 51.9 Å². The van der Waals surface area contributed by atoms with Gasteiger partial charge >= 0.3 is 0 Å². The number of nitrogens with one attached hydrogen (secondary N) is 1. The average Bonchev–Trinajstić information content (AvgIpc) is 3.28. The summed E-state index contributed by atoms with van der Waals surface area (Å²) in [6, 6.07) is 13.4. The fourth-order valence-corrected chi connectivity index (χ4v) is 5.57. The van der Waals surface area contributed by atoms with E-state index in [1.807, 2.05) is 42.5 Å². The van der Waals surface area contributed by atoms with Crippen LogP contribution in [-0.4, -0.2) is 12.1 Å². The maximum absolute atomic E-state index is 13.3. The second-order valence-corrected chi connectivity index (χ2v) is 10.9. The number of thiophene rings is 1. The number of furan rings is 1. The van der Waals surface area contributed by atoms with Crippen LogP contribution in [0.25, 0.3) is 0 Å². The normalized spacial score (nSPS) is 16.6. The van der Waals surface area contributed by atoms with E-state index in [9.17, 15) is 4.79 Å². The summed E-state index contributed by atoms with van der Waals surface area (Å²) >= 11 is 3.78. The number of rotatable bonds is 4. The number of carbonyl (C=O) groups is 1. The molecule has 0 unspecified atom stereocenters. The summed E-state index contributed by atoms with van der Waals surface area (Å²) < 4.78 is 6.42. The van der Waals surface area contributed by atoms with Gasteiger partial charge in [-0.15, -0.1) is 11.3 Å². The first-order valence-corrected chi connectivity index (χ1v) is 12.0. The van der Waals surface area contributed by atoms with Crippen molar-refractivity contribution < 1.29 is 9.21 Å². The van der Waals surface area contributed by atoms with E-state index < -0.39 is 0 Å². The predicted octanol–water partition coefficient (Wildman–Crippen LogP) is 7.10. The molecule has 2 heterocycles. The van der Waals surface area contributed by atoms with Crippen molar-refractivity contribution in [3.8, 4) is 0 Å². The van der Waals surface area contributed by atoms with Crippen LogP contribution in [0.5, 0.6) is 0 Å². The molecule has 4 nitrogen and oxygen atoms in total. The van der Waals surface area contributed by atoms with E-state index in [4.69, 9.17) is 4.42 Å². The quantitative estimate of drug-likeness (QED) is 0.288. The van der Waals surface area contributed by atoms with E-state index >= 15 is 0 Å². The summed E-state index contributed by atoms with van der Waals surface area (Å²) in [5.41, 5.74) is 2.92. The Bertz CT molecular complexity index is 1080. The van der Waals surface area contributed by atoms with E-state index in [-0.39, 0.29) is 11.3 Å². The van der Waals surface area contributed by atoms with Crippen LogP contribution in [0.3, 0.4) is 0 Å². The molecule has 1 atom stereocenters. The molecule has 0 saturated carbocycles. The molecule has 1 N–H and O–H groups in total. The molecule has 1 aliphatic rings. The number of para-hydroxylation sites is 1. The molecule has 0 fully saturated rings. The Balaban J connectivity index is 1.70. The molecule has 1 amide bonds. The van der Waals surface area contributed by atoms with Crippen LogP contribution in [-0.2, 0) is 12.8 Å².